The van der Waals surface area contributed by atoms with Crippen molar-refractivity contribution in [1.29, 1.82) is 0 Å². The zero-order chi connectivity index (χ0) is 20.6. The largest absolute Gasteiger partial charge is 0.350 e. The summed E-state index contributed by atoms with van der Waals surface area (Å²) in [6, 6.07) is 15.5. The highest BCUT2D eigenvalue weighted by Crippen LogP contribution is 2.22. The van der Waals surface area contributed by atoms with Gasteiger partial charge in [-0.05, 0) is 55.9 Å². The summed E-state index contributed by atoms with van der Waals surface area (Å²) in [5, 5.41) is 5.79. The molecule has 6 heteroatoms. The van der Waals surface area contributed by atoms with Gasteiger partial charge in [-0.3, -0.25) is 4.79 Å². The van der Waals surface area contributed by atoms with Gasteiger partial charge >= 0.3 is 6.03 Å². The van der Waals surface area contributed by atoms with Gasteiger partial charge in [0.2, 0.25) is 5.91 Å². The molecule has 5 nitrogen and oxygen atoms in total. The molecule has 0 bridgehead atoms. The molecule has 1 aliphatic rings. The van der Waals surface area contributed by atoms with Crippen molar-refractivity contribution in [2.45, 2.75) is 38.6 Å². The summed E-state index contributed by atoms with van der Waals surface area (Å²) in [5.41, 5.74) is 1.53. The van der Waals surface area contributed by atoms with E-state index in [1.165, 1.54) is 12.1 Å². The average Bonchev–Trinajstić information content (AvgIpc) is 2.73. The van der Waals surface area contributed by atoms with Crippen LogP contribution in [0.5, 0.6) is 0 Å². The number of halogens is 1. The molecule has 2 N–H and O–H groups in total. The Labute approximate surface area is 171 Å². The standard InChI is InChI=1S/C23H28FN3O2/c1-17(19-8-3-2-4-9-19)25-22(28)13-12-18-7-6-14-27(16-18)23(29)26-21-11-5-10-20(24)15-21/h2-5,8-11,15,17-18H,6-7,12-14,16H2,1H3,(H,25,28)(H,26,29)/t17-,18-/m0/s1. The number of rotatable bonds is 6. The predicted octanol–water partition coefficient (Wildman–Crippen LogP) is 4.73. The fraction of sp³-hybridized carbons (Fsp3) is 0.391. The van der Waals surface area contributed by atoms with E-state index in [2.05, 4.69) is 10.6 Å². The fourth-order valence-electron chi connectivity index (χ4n) is 3.73. The Bertz CT molecular complexity index is 828. The number of amides is 3. The van der Waals surface area contributed by atoms with E-state index >= 15 is 0 Å². The third-order valence-electron chi connectivity index (χ3n) is 5.34. The molecule has 3 amide bonds. The lowest BCUT2D eigenvalue weighted by Gasteiger charge is -2.32. The first-order chi connectivity index (χ1) is 14.0. The monoisotopic (exact) mass is 397 g/mol. The molecule has 0 unspecified atom stereocenters. The summed E-state index contributed by atoms with van der Waals surface area (Å²) in [6.07, 6.45) is 3.10. The Morgan fingerprint density at radius 2 is 1.97 bits per heavy atom. The molecule has 2 atom stereocenters. The van der Waals surface area contributed by atoms with E-state index in [1.54, 1.807) is 17.0 Å². The summed E-state index contributed by atoms with van der Waals surface area (Å²) in [7, 11) is 0. The SMILES string of the molecule is C[C@H](NC(=O)CC[C@@H]1CCCN(C(=O)Nc2cccc(F)c2)C1)c1ccccc1. The summed E-state index contributed by atoms with van der Waals surface area (Å²) < 4.78 is 13.3. The average molecular weight is 397 g/mol. The number of piperidine rings is 1. The van der Waals surface area contributed by atoms with Crippen molar-refractivity contribution in [2.75, 3.05) is 18.4 Å². The highest BCUT2D eigenvalue weighted by atomic mass is 19.1. The highest BCUT2D eigenvalue weighted by molar-refractivity contribution is 5.89. The van der Waals surface area contributed by atoms with E-state index < -0.39 is 0 Å². The first kappa shape index (κ1) is 20.8. The van der Waals surface area contributed by atoms with Crippen LogP contribution >= 0.6 is 0 Å². The maximum atomic E-state index is 13.3. The lowest BCUT2D eigenvalue weighted by molar-refractivity contribution is -0.122. The van der Waals surface area contributed by atoms with Crippen molar-refractivity contribution in [3.63, 3.8) is 0 Å². The number of carbonyl (C=O) groups excluding carboxylic acids is 2. The zero-order valence-electron chi connectivity index (χ0n) is 16.7. The fourth-order valence-corrected chi connectivity index (χ4v) is 3.73. The summed E-state index contributed by atoms with van der Waals surface area (Å²) in [5.74, 6) is -0.0578. The number of nitrogens with one attached hydrogen (secondary N) is 2. The number of hydrogen-bond donors (Lipinski definition) is 2. The van der Waals surface area contributed by atoms with Crippen molar-refractivity contribution in [3.05, 3.63) is 66.0 Å². The molecule has 0 saturated carbocycles. The molecule has 0 spiro atoms. The molecular formula is C23H28FN3O2. The third-order valence-corrected chi connectivity index (χ3v) is 5.34. The van der Waals surface area contributed by atoms with Gasteiger partial charge < -0.3 is 15.5 Å². The van der Waals surface area contributed by atoms with E-state index in [9.17, 15) is 14.0 Å². The first-order valence-corrected chi connectivity index (χ1v) is 10.2. The van der Waals surface area contributed by atoms with Gasteiger partial charge in [0, 0.05) is 25.2 Å². The molecule has 1 fully saturated rings. The minimum atomic E-state index is -0.380. The molecule has 29 heavy (non-hydrogen) atoms. The molecule has 1 heterocycles. The highest BCUT2D eigenvalue weighted by Gasteiger charge is 2.24. The number of nitrogens with zero attached hydrogens (tertiary/aromatic N) is 1. The molecule has 0 aliphatic carbocycles. The van der Waals surface area contributed by atoms with Crippen LogP contribution in [0.15, 0.2) is 54.6 Å². The second-order valence-electron chi connectivity index (χ2n) is 7.63. The first-order valence-electron chi connectivity index (χ1n) is 10.2. The smallest absolute Gasteiger partial charge is 0.321 e. The number of carbonyl (C=O) groups is 2. The van der Waals surface area contributed by atoms with Gasteiger partial charge in [0.15, 0.2) is 0 Å². The molecular weight excluding hydrogens is 369 g/mol. The lowest BCUT2D eigenvalue weighted by Crippen LogP contribution is -2.42. The van der Waals surface area contributed by atoms with E-state index in [0.717, 1.165) is 24.8 Å². The molecule has 0 aromatic heterocycles. The van der Waals surface area contributed by atoms with Crippen LogP contribution < -0.4 is 10.6 Å². The van der Waals surface area contributed by atoms with Gasteiger partial charge in [-0.15, -0.1) is 0 Å². The Morgan fingerprint density at radius 3 is 2.72 bits per heavy atom. The van der Waals surface area contributed by atoms with Crippen LogP contribution in [-0.4, -0.2) is 29.9 Å². The summed E-state index contributed by atoms with van der Waals surface area (Å²) in [6.45, 7) is 3.27. The minimum absolute atomic E-state index is 0.0244. The Balaban J connectivity index is 1.44. The van der Waals surface area contributed by atoms with Crippen LogP contribution in [0.3, 0.4) is 0 Å². The van der Waals surface area contributed by atoms with Crippen molar-refractivity contribution in [3.8, 4) is 0 Å². The number of likely N-dealkylation sites (tertiary alicyclic amines) is 1. The van der Waals surface area contributed by atoms with E-state index in [4.69, 9.17) is 0 Å². The maximum absolute atomic E-state index is 13.3. The maximum Gasteiger partial charge on any atom is 0.321 e. The van der Waals surface area contributed by atoms with Crippen LogP contribution in [0.25, 0.3) is 0 Å². The zero-order valence-corrected chi connectivity index (χ0v) is 16.7. The third kappa shape index (κ3) is 6.31. The van der Waals surface area contributed by atoms with Crippen molar-refractivity contribution < 1.29 is 14.0 Å². The summed E-state index contributed by atoms with van der Waals surface area (Å²) >= 11 is 0. The van der Waals surface area contributed by atoms with Crippen molar-refractivity contribution >= 4 is 17.6 Å². The topological polar surface area (TPSA) is 61.4 Å². The Hall–Kier alpha value is -2.89. The number of hydrogen-bond acceptors (Lipinski definition) is 2. The molecule has 154 valence electrons. The van der Waals surface area contributed by atoms with E-state index in [-0.39, 0.29) is 23.8 Å². The Morgan fingerprint density at radius 1 is 1.17 bits per heavy atom. The molecule has 2 aromatic carbocycles. The molecule has 3 rings (SSSR count). The van der Waals surface area contributed by atoms with Gasteiger partial charge in [-0.1, -0.05) is 36.4 Å². The second kappa shape index (κ2) is 10.0. The van der Waals surface area contributed by atoms with Crippen LogP contribution in [-0.2, 0) is 4.79 Å². The van der Waals surface area contributed by atoms with Crippen LogP contribution in [0.4, 0.5) is 14.9 Å². The second-order valence-corrected chi connectivity index (χ2v) is 7.63. The van der Waals surface area contributed by atoms with Gasteiger partial charge in [0.25, 0.3) is 0 Å². The molecule has 0 radical (unpaired) electrons. The van der Waals surface area contributed by atoms with E-state index in [0.29, 0.717) is 31.1 Å². The van der Waals surface area contributed by atoms with Gasteiger partial charge in [0.05, 0.1) is 6.04 Å². The van der Waals surface area contributed by atoms with Gasteiger partial charge in [0.1, 0.15) is 5.82 Å². The van der Waals surface area contributed by atoms with Crippen LogP contribution in [0.1, 0.15) is 44.2 Å². The number of urea groups is 1. The van der Waals surface area contributed by atoms with Gasteiger partial charge in [-0.25, -0.2) is 9.18 Å². The summed E-state index contributed by atoms with van der Waals surface area (Å²) in [4.78, 5) is 26.5. The lowest BCUT2D eigenvalue weighted by atomic mass is 9.93. The number of anilines is 1. The van der Waals surface area contributed by atoms with E-state index in [1.807, 2.05) is 37.3 Å². The van der Waals surface area contributed by atoms with Crippen molar-refractivity contribution in [1.82, 2.24) is 10.2 Å². The van der Waals surface area contributed by atoms with Gasteiger partial charge in [-0.2, -0.15) is 0 Å². The van der Waals surface area contributed by atoms with Crippen molar-refractivity contribution in [2.24, 2.45) is 5.92 Å². The normalized spacial score (nSPS) is 17.4. The number of benzene rings is 2. The molecule has 1 aliphatic heterocycles. The minimum Gasteiger partial charge on any atom is -0.350 e. The molecule has 1 saturated heterocycles. The quantitative estimate of drug-likeness (QED) is 0.740. The van der Waals surface area contributed by atoms with Crippen LogP contribution in [0.2, 0.25) is 0 Å². The van der Waals surface area contributed by atoms with Crippen LogP contribution in [0, 0.1) is 11.7 Å². The Kier molecular flexibility index (Phi) is 7.22. The molecule has 2 aromatic rings. The predicted molar refractivity (Wildman–Crippen MR) is 112 cm³/mol.